The molecule has 0 unspecified atom stereocenters. The third-order valence-electron chi connectivity index (χ3n) is 1.37. The minimum absolute atomic E-state index is 0.000278. The molecule has 0 aliphatic rings. The van der Waals surface area contributed by atoms with Crippen molar-refractivity contribution >= 4 is 11.9 Å². The Kier molecular flexibility index (Phi) is 2.69. The van der Waals surface area contributed by atoms with Gasteiger partial charge < -0.3 is 10.2 Å². The summed E-state index contributed by atoms with van der Waals surface area (Å²) in [6.45, 7) is 1.96. The molecule has 3 nitrogen and oxygen atoms in total. The predicted molar refractivity (Wildman–Crippen MR) is 48.2 cm³/mol. The number of nitrogens with zero attached hydrogens (tertiary/aromatic N) is 1. The molecule has 64 valence electrons. The molecule has 0 aliphatic carbocycles. The molecule has 0 fully saturated rings. The van der Waals surface area contributed by atoms with Gasteiger partial charge in [-0.2, -0.15) is 0 Å². The molecule has 0 spiro atoms. The molecule has 0 amide bonds. The zero-order valence-corrected chi connectivity index (χ0v) is 6.86. The van der Waals surface area contributed by atoms with Crippen molar-refractivity contribution in [2.75, 3.05) is 0 Å². The summed E-state index contributed by atoms with van der Waals surface area (Å²) in [5.74, 6) is 0.0441. The highest BCUT2D eigenvalue weighted by atomic mass is 16.3. The fourth-order valence-electron chi connectivity index (χ4n) is 0.811. The number of hydrogen-bond donors (Lipinski definition) is 2. The smallest absolute Gasteiger partial charge is 0.144 e. The summed E-state index contributed by atoms with van der Waals surface area (Å²) in [6, 6.07) is 4.32. The molecule has 2 N–H and O–H groups in total. The summed E-state index contributed by atoms with van der Waals surface area (Å²) in [6.07, 6.45) is 2.52. The Morgan fingerprint density at radius 2 is 2.17 bits per heavy atom. The Hall–Kier alpha value is -1.51. The van der Waals surface area contributed by atoms with Crippen LogP contribution in [0, 0.1) is 0 Å². The van der Waals surface area contributed by atoms with Crippen LogP contribution in [0.4, 0.5) is 5.69 Å². The first-order valence-corrected chi connectivity index (χ1v) is 3.78. The lowest BCUT2D eigenvalue weighted by molar-refractivity contribution is 0.451. The van der Waals surface area contributed by atoms with Crippen LogP contribution in [0.15, 0.2) is 23.2 Å². The fraction of sp³-hybridized carbons (Fsp3) is 0.222. The van der Waals surface area contributed by atoms with Crippen molar-refractivity contribution in [3.05, 3.63) is 18.2 Å². The van der Waals surface area contributed by atoms with Crippen molar-refractivity contribution in [1.82, 2.24) is 0 Å². The van der Waals surface area contributed by atoms with Crippen molar-refractivity contribution in [3.8, 4) is 11.5 Å². The average Bonchev–Trinajstić information content (AvgIpc) is 2.03. The second-order valence-electron chi connectivity index (χ2n) is 2.39. The zero-order valence-electron chi connectivity index (χ0n) is 6.86. The lowest BCUT2D eigenvalue weighted by Crippen LogP contribution is -1.71. The third-order valence-corrected chi connectivity index (χ3v) is 1.37. The lowest BCUT2D eigenvalue weighted by atomic mass is 10.3. The largest absolute Gasteiger partial charge is 0.508 e. The maximum absolute atomic E-state index is 9.24. The van der Waals surface area contributed by atoms with Crippen LogP contribution in [0.2, 0.25) is 0 Å². The van der Waals surface area contributed by atoms with Crippen molar-refractivity contribution in [2.24, 2.45) is 4.99 Å². The van der Waals surface area contributed by atoms with Gasteiger partial charge in [-0.05, 0) is 18.6 Å². The summed E-state index contributed by atoms with van der Waals surface area (Å²) < 4.78 is 0. The molecule has 1 aromatic rings. The van der Waals surface area contributed by atoms with Crippen molar-refractivity contribution in [1.29, 1.82) is 0 Å². The van der Waals surface area contributed by atoms with Gasteiger partial charge in [0.05, 0.1) is 0 Å². The Morgan fingerprint density at radius 1 is 1.42 bits per heavy atom. The Bertz CT molecular complexity index is 295. The van der Waals surface area contributed by atoms with Crippen LogP contribution in [-0.4, -0.2) is 16.4 Å². The van der Waals surface area contributed by atoms with Crippen molar-refractivity contribution in [3.63, 3.8) is 0 Å². The summed E-state index contributed by atoms with van der Waals surface area (Å²) in [5.41, 5.74) is 0.481. The van der Waals surface area contributed by atoms with Crippen LogP contribution in [0.1, 0.15) is 13.3 Å². The summed E-state index contributed by atoms with van der Waals surface area (Å²) in [5, 5.41) is 18.2. The molecule has 0 bridgehead atoms. The molecule has 0 radical (unpaired) electrons. The van der Waals surface area contributed by atoms with E-state index in [1.807, 2.05) is 6.92 Å². The number of phenols is 2. The minimum atomic E-state index is -0.000278. The highest BCUT2D eigenvalue weighted by Crippen LogP contribution is 2.29. The standard InChI is InChI=1S/C9H11NO2/c1-2-5-10-8-4-3-7(11)6-9(8)12/h3-6,11-12H,2H2,1H3. The van der Waals surface area contributed by atoms with Gasteiger partial charge in [-0.25, -0.2) is 0 Å². The van der Waals surface area contributed by atoms with Gasteiger partial charge in [0, 0.05) is 12.3 Å². The predicted octanol–water partition coefficient (Wildman–Crippen LogP) is 2.21. The molecular weight excluding hydrogens is 154 g/mol. The van der Waals surface area contributed by atoms with Crippen LogP contribution < -0.4 is 0 Å². The maximum atomic E-state index is 9.24. The molecule has 0 atom stereocenters. The summed E-state index contributed by atoms with van der Waals surface area (Å²) >= 11 is 0. The number of hydrogen-bond acceptors (Lipinski definition) is 3. The Morgan fingerprint density at radius 3 is 2.75 bits per heavy atom. The monoisotopic (exact) mass is 165 g/mol. The van der Waals surface area contributed by atoms with E-state index in [9.17, 15) is 5.11 Å². The first-order chi connectivity index (χ1) is 5.74. The highest BCUT2D eigenvalue weighted by Gasteiger charge is 1.98. The summed E-state index contributed by atoms with van der Waals surface area (Å²) in [7, 11) is 0. The molecule has 0 aromatic heterocycles. The second-order valence-corrected chi connectivity index (χ2v) is 2.39. The minimum Gasteiger partial charge on any atom is -0.508 e. The van der Waals surface area contributed by atoms with Gasteiger partial charge in [-0.3, -0.25) is 4.99 Å². The van der Waals surface area contributed by atoms with Gasteiger partial charge in [0.15, 0.2) is 0 Å². The first-order valence-electron chi connectivity index (χ1n) is 3.78. The molecule has 0 heterocycles. The number of benzene rings is 1. The molecule has 1 aromatic carbocycles. The molecule has 1 rings (SSSR count). The van der Waals surface area contributed by atoms with Gasteiger partial charge >= 0.3 is 0 Å². The topological polar surface area (TPSA) is 52.8 Å². The number of aromatic hydroxyl groups is 2. The fourth-order valence-corrected chi connectivity index (χ4v) is 0.811. The van der Waals surface area contributed by atoms with Crippen LogP contribution in [0.5, 0.6) is 11.5 Å². The number of aliphatic imine (C=N–C) groups is 1. The third kappa shape index (κ3) is 1.99. The van der Waals surface area contributed by atoms with Crippen molar-refractivity contribution < 1.29 is 10.2 Å². The van der Waals surface area contributed by atoms with E-state index in [1.165, 1.54) is 12.1 Å². The van der Waals surface area contributed by atoms with E-state index >= 15 is 0 Å². The van der Waals surface area contributed by atoms with Crippen LogP contribution >= 0.6 is 0 Å². The van der Waals surface area contributed by atoms with E-state index in [-0.39, 0.29) is 11.5 Å². The van der Waals surface area contributed by atoms with E-state index in [2.05, 4.69) is 4.99 Å². The number of rotatable bonds is 2. The summed E-state index contributed by atoms with van der Waals surface area (Å²) in [4.78, 5) is 3.98. The highest BCUT2D eigenvalue weighted by molar-refractivity contribution is 5.66. The van der Waals surface area contributed by atoms with Gasteiger partial charge in [0.2, 0.25) is 0 Å². The van der Waals surface area contributed by atoms with E-state index in [1.54, 1.807) is 12.3 Å². The lowest BCUT2D eigenvalue weighted by Gasteiger charge is -1.97. The van der Waals surface area contributed by atoms with Gasteiger partial charge in [-0.15, -0.1) is 0 Å². The van der Waals surface area contributed by atoms with Crippen molar-refractivity contribution in [2.45, 2.75) is 13.3 Å². The second kappa shape index (κ2) is 3.76. The van der Waals surface area contributed by atoms with Gasteiger partial charge in [0.1, 0.15) is 17.2 Å². The van der Waals surface area contributed by atoms with E-state index < -0.39 is 0 Å². The van der Waals surface area contributed by atoms with Crippen LogP contribution in [0.25, 0.3) is 0 Å². The molecule has 12 heavy (non-hydrogen) atoms. The Labute approximate surface area is 71.0 Å². The SMILES string of the molecule is CCC=Nc1ccc(O)cc1O. The molecular formula is C9H11NO2. The Balaban J connectivity index is 2.94. The van der Waals surface area contributed by atoms with E-state index in [0.29, 0.717) is 5.69 Å². The molecule has 0 saturated heterocycles. The molecule has 0 aliphatic heterocycles. The molecule has 0 saturated carbocycles. The maximum Gasteiger partial charge on any atom is 0.144 e. The quantitative estimate of drug-likeness (QED) is 0.660. The van der Waals surface area contributed by atoms with Gasteiger partial charge in [0.25, 0.3) is 0 Å². The van der Waals surface area contributed by atoms with Crippen LogP contribution in [-0.2, 0) is 0 Å². The van der Waals surface area contributed by atoms with Gasteiger partial charge in [-0.1, -0.05) is 6.92 Å². The number of phenolic OH excluding ortho intramolecular Hbond substituents is 2. The van der Waals surface area contributed by atoms with Crippen LogP contribution in [0.3, 0.4) is 0 Å². The van der Waals surface area contributed by atoms with E-state index in [4.69, 9.17) is 5.11 Å². The molecule has 3 heteroatoms. The zero-order chi connectivity index (χ0) is 8.97. The van der Waals surface area contributed by atoms with E-state index in [0.717, 1.165) is 6.42 Å². The first kappa shape index (κ1) is 8.59. The average molecular weight is 165 g/mol. The normalized spacial score (nSPS) is 10.8.